The number of nitrogens with one attached hydrogen (secondary N) is 1. The van der Waals surface area contributed by atoms with Gasteiger partial charge in [0.05, 0.1) is 12.3 Å². The molecule has 0 saturated heterocycles. The third-order valence-corrected chi connectivity index (χ3v) is 2.94. The van der Waals surface area contributed by atoms with Crippen LogP contribution in [0.1, 0.15) is 25.3 Å². The molecular weight excluding hydrogens is 290 g/mol. The maximum Gasteiger partial charge on any atom is 0.224 e. The van der Waals surface area contributed by atoms with Crippen LogP contribution in [0.4, 0.5) is 5.69 Å². The Morgan fingerprint density at radius 2 is 2.29 bits per heavy atom. The molecule has 0 fully saturated rings. The number of carbonyl (C=O) groups excluding carboxylic acids is 1. The number of hydrogen-bond donors (Lipinski definition) is 2. The van der Waals surface area contributed by atoms with Crippen LogP contribution in [0, 0.1) is 17.8 Å². The normalized spacial score (nSPS) is 11.4. The number of halogens is 1. The van der Waals surface area contributed by atoms with Crippen LogP contribution in [0.25, 0.3) is 0 Å². The molecule has 5 heteroatoms. The summed E-state index contributed by atoms with van der Waals surface area (Å²) in [6.07, 6.45) is 0.755. The van der Waals surface area contributed by atoms with E-state index < -0.39 is 0 Å². The molecule has 0 heterocycles. The molecule has 114 valence electrons. The predicted octanol–water partition coefficient (Wildman–Crippen LogP) is 2.69. The number of rotatable bonds is 6. The zero-order chi connectivity index (χ0) is 15.7. The van der Waals surface area contributed by atoms with E-state index in [4.69, 9.17) is 21.4 Å². The van der Waals surface area contributed by atoms with E-state index in [1.165, 1.54) is 0 Å². The summed E-state index contributed by atoms with van der Waals surface area (Å²) in [5.41, 5.74) is 1.27. The Balaban J connectivity index is 2.78. The molecule has 2 N–H and O–H groups in total. The fourth-order valence-electron chi connectivity index (χ4n) is 1.80. The van der Waals surface area contributed by atoms with Crippen molar-refractivity contribution in [2.24, 2.45) is 5.92 Å². The molecule has 0 bridgehead atoms. The van der Waals surface area contributed by atoms with Crippen molar-refractivity contribution in [2.75, 3.05) is 25.6 Å². The highest BCUT2D eigenvalue weighted by Crippen LogP contribution is 2.20. The first-order chi connectivity index (χ1) is 10.1. The van der Waals surface area contributed by atoms with E-state index in [0.29, 0.717) is 35.7 Å². The van der Waals surface area contributed by atoms with Crippen molar-refractivity contribution < 1.29 is 14.6 Å². The maximum atomic E-state index is 12.0. The molecule has 0 aromatic heterocycles. The Morgan fingerprint density at radius 1 is 1.52 bits per heavy atom. The standard InChI is InChI=1S/C16H20ClNO3/c1-12(11-21-2)9-16(20)18-15-7-6-14(17)10-13(15)5-3-4-8-19/h6-7,10,12,19H,4,8-9,11H2,1-2H3,(H,18,20). The second kappa shape index (κ2) is 9.41. The lowest BCUT2D eigenvalue weighted by Crippen LogP contribution is -2.18. The largest absolute Gasteiger partial charge is 0.395 e. The molecule has 0 spiro atoms. The Labute approximate surface area is 130 Å². The second-order valence-corrected chi connectivity index (χ2v) is 5.21. The van der Waals surface area contributed by atoms with E-state index in [1.54, 1.807) is 25.3 Å². The lowest BCUT2D eigenvalue weighted by Gasteiger charge is -2.11. The number of benzene rings is 1. The summed E-state index contributed by atoms with van der Waals surface area (Å²) in [6, 6.07) is 5.12. The Hall–Kier alpha value is -1.54. The van der Waals surface area contributed by atoms with Crippen molar-refractivity contribution in [3.05, 3.63) is 28.8 Å². The molecule has 1 unspecified atom stereocenters. The maximum absolute atomic E-state index is 12.0. The van der Waals surface area contributed by atoms with Crippen molar-refractivity contribution in [3.8, 4) is 11.8 Å². The average Bonchev–Trinajstić information content (AvgIpc) is 2.42. The molecule has 0 saturated carbocycles. The van der Waals surface area contributed by atoms with Gasteiger partial charge >= 0.3 is 0 Å². The van der Waals surface area contributed by atoms with E-state index in [2.05, 4.69) is 17.2 Å². The van der Waals surface area contributed by atoms with Gasteiger partial charge < -0.3 is 15.2 Å². The molecule has 0 aliphatic rings. The fourth-order valence-corrected chi connectivity index (χ4v) is 1.98. The van der Waals surface area contributed by atoms with Crippen molar-refractivity contribution in [3.63, 3.8) is 0 Å². The molecule has 4 nitrogen and oxygen atoms in total. The van der Waals surface area contributed by atoms with Gasteiger partial charge in [0.1, 0.15) is 0 Å². The Kier molecular flexibility index (Phi) is 7.84. The van der Waals surface area contributed by atoms with Gasteiger partial charge in [0, 0.05) is 37.1 Å². The van der Waals surface area contributed by atoms with Gasteiger partial charge in [-0.2, -0.15) is 0 Å². The number of hydrogen-bond acceptors (Lipinski definition) is 3. The van der Waals surface area contributed by atoms with E-state index in [1.807, 2.05) is 6.92 Å². The molecule has 0 aliphatic heterocycles. The molecular formula is C16H20ClNO3. The SMILES string of the molecule is COCC(C)CC(=O)Nc1ccc(Cl)cc1C#CCCO. The highest BCUT2D eigenvalue weighted by atomic mass is 35.5. The van der Waals surface area contributed by atoms with Crippen molar-refractivity contribution in [1.29, 1.82) is 0 Å². The molecule has 1 atom stereocenters. The predicted molar refractivity (Wildman–Crippen MR) is 84.3 cm³/mol. The minimum Gasteiger partial charge on any atom is -0.395 e. The van der Waals surface area contributed by atoms with Crippen molar-refractivity contribution >= 4 is 23.2 Å². The third-order valence-electron chi connectivity index (χ3n) is 2.70. The summed E-state index contributed by atoms with van der Waals surface area (Å²) in [6.45, 7) is 2.49. The van der Waals surface area contributed by atoms with Gasteiger partial charge in [-0.05, 0) is 24.1 Å². The number of ether oxygens (including phenoxy) is 1. The van der Waals surface area contributed by atoms with Crippen LogP contribution in [0.2, 0.25) is 5.02 Å². The van der Waals surface area contributed by atoms with Gasteiger partial charge in [-0.25, -0.2) is 0 Å². The second-order valence-electron chi connectivity index (χ2n) is 4.78. The molecule has 1 aromatic rings. The van der Waals surface area contributed by atoms with Gasteiger partial charge in [-0.15, -0.1) is 0 Å². The van der Waals surface area contributed by atoms with E-state index in [0.717, 1.165) is 0 Å². The summed E-state index contributed by atoms with van der Waals surface area (Å²) < 4.78 is 5.02. The molecule has 1 amide bonds. The summed E-state index contributed by atoms with van der Waals surface area (Å²) in [4.78, 5) is 12.0. The lowest BCUT2D eigenvalue weighted by molar-refractivity contribution is -0.117. The molecule has 0 aliphatic carbocycles. The van der Waals surface area contributed by atoms with Crippen LogP contribution < -0.4 is 5.32 Å². The van der Waals surface area contributed by atoms with Crippen LogP contribution in [0.3, 0.4) is 0 Å². The van der Waals surface area contributed by atoms with E-state index in [-0.39, 0.29) is 18.4 Å². The fraction of sp³-hybridized carbons (Fsp3) is 0.438. The van der Waals surface area contributed by atoms with E-state index in [9.17, 15) is 4.79 Å². The van der Waals surface area contributed by atoms with Gasteiger partial charge in [0.15, 0.2) is 0 Å². The summed E-state index contributed by atoms with van der Waals surface area (Å²) in [5, 5.41) is 12.1. The van der Waals surface area contributed by atoms with Gasteiger partial charge in [-0.1, -0.05) is 30.4 Å². The molecule has 0 radical (unpaired) electrons. The average molecular weight is 310 g/mol. The zero-order valence-electron chi connectivity index (χ0n) is 12.3. The van der Waals surface area contributed by atoms with Crippen molar-refractivity contribution in [2.45, 2.75) is 19.8 Å². The highest BCUT2D eigenvalue weighted by molar-refractivity contribution is 6.30. The minimum atomic E-state index is -0.0907. The monoisotopic (exact) mass is 309 g/mol. The quantitative estimate of drug-likeness (QED) is 0.794. The number of aliphatic hydroxyl groups is 1. The summed E-state index contributed by atoms with van der Waals surface area (Å²) >= 11 is 5.95. The highest BCUT2D eigenvalue weighted by Gasteiger charge is 2.11. The topological polar surface area (TPSA) is 58.6 Å². The van der Waals surface area contributed by atoms with Crippen LogP contribution in [0.5, 0.6) is 0 Å². The van der Waals surface area contributed by atoms with Crippen molar-refractivity contribution in [1.82, 2.24) is 0 Å². The Bertz CT molecular complexity index is 534. The Morgan fingerprint density at radius 3 is 2.95 bits per heavy atom. The van der Waals surface area contributed by atoms with Crippen LogP contribution in [-0.4, -0.2) is 31.3 Å². The first-order valence-corrected chi connectivity index (χ1v) is 7.12. The molecule has 21 heavy (non-hydrogen) atoms. The molecule has 1 rings (SSSR count). The minimum absolute atomic E-state index is 0.00376. The third kappa shape index (κ3) is 6.63. The van der Waals surface area contributed by atoms with Gasteiger partial charge in [0.25, 0.3) is 0 Å². The van der Waals surface area contributed by atoms with Gasteiger partial charge in [-0.3, -0.25) is 4.79 Å². The summed E-state index contributed by atoms with van der Waals surface area (Å²) in [7, 11) is 1.61. The number of amides is 1. The number of methoxy groups -OCH3 is 1. The van der Waals surface area contributed by atoms with Gasteiger partial charge in [0.2, 0.25) is 5.91 Å². The number of carbonyl (C=O) groups is 1. The smallest absolute Gasteiger partial charge is 0.224 e. The molecule has 1 aromatic carbocycles. The zero-order valence-corrected chi connectivity index (χ0v) is 13.0. The van der Waals surface area contributed by atoms with E-state index >= 15 is 0 Å². The number of anilines is 1. The first kappa shape index (κ1) is 17.5. The first-order valence-electron chi connectivity index (χ1n) is 6.75. The van der Waals surface area contributed by atoms with Crippen LogP contribution in [-0.2, 0) is 9.53 Å². The number of aliphatic hydroxyl groups excluding tert-OH is 1. The van der Waals surface area contributed by atoms with Crippen LogP contribution >= 0.6 is 11.6 Å². The van der Waals surface area contributed by atoms with Crippen LogP contribution in [0.15, 0.2) is 18.2 Å². The summed E-state index contributed by atoms with van der Waals surface area (Å²) in [5.74, 6) is 5.78. The lowest BCUT2D eigenvalue weighted by atomic mass is 10.1.